The van der Waals surface area contributed by atoms with Crippen molar-refractivity contribution in [2.24, 2.45) is 0 Å². The lowest BCUT2D eigenvalue weighted by molar-refractivity contribution is 0.0979. The van der Waals surface area contributed by atoms with Gasteiger partial charge >= 0.3 is 0 Å². The highest BCUT2D eigenvalue weighted by atomic mass is 16.3. The average molecular weight is 354 g/mol. The van der Waals surface area contributed by atoms with Crippen molar-refractivity contribution in [1.82, 2.24) is 0 Å². The SMILES string of the molecule is CN(CCO)c1cccc2c1C(=O)c1cccc(N(C)CCO)c1C2=O. The molecule has 6 heteroatoms. The third-order valence-electron chi connectivity index (χ3n) is 4.72. The molecular weight excluding hydrogens is 332 g/mol. The molecule has 1 aliphatic carbocycles. The van der Waals surface area contributed by atoms with Gasteiger partial charge in [-0.25, -0.2) is 0 Å². The van der Waals surface area contributed by atoms with Gasteiger partial charge in [0.05, 0.1) is 24.3 Å². The summed E-state index contributed by atoms with van der Waals surface area (Å²) in [7, 11) is 3.56. The van der Waals surface area contributed by atoms with E-state index in [2.05, 4.69) is 0 Å². The molecule has 0 saturated carbocycles. The fourth-order valence-electron chi connectivity index (χ4n) is 3.38. The zero-order valence-electron chi connectivity index (χ0n) is 14.9. The summed E-state index contributed by atoms with van der Waals surface area (Å²) in [6.07, 6.45) is 0. The molecule has 0 amide bonds. The zero-order chi connectivity index (χ0) is 18.8. The van der Waals surface area contributed by atoms with Gasteiger partial charge in [-0.05, 0) is 12.1 Å². The van der Waals surface area contributed by atoms with E-state index in [9.17, 15) is 19.8 Å². The molecule has 0 aliphatic heterocycles. The molecule has 26 heavy (non-hydrogen) atoms. The van der Waals surface area contributed by atoms with Crippen molar-refractivity contribution in [2.75, 3.05) is 50.2 Å². The lowest BCUT2D eigenvalue weighted by atomic mass is 9.82. The Bertz CT molecular complexity index is 791. The lowest BCUT2D eigenvalue weighted by Crippen LogP contribution is -2.30. The third kappa shape index (κ3) is 2.87. The molecule has 0 spiro atoms. The molecule has 0 fully saturated rings. The molecule has 0 saturated heterocycles. The maximum atomic E-state index is 13.2. The van der Waals surface area contributed by atoms with Gasteiger partial charge in [0, 0.05) is 49.7 Å². The number of ketones is 2. The Labute approximate surface area is 152 Å². The number of hydrogen-bond donors (Lipinski definition) is 2. The minimum absolute atomic E-state index is 0.0466. The number of fused-ring (bicyclic) bond motifs is 2. The topological polar surface area (TPSA) is 81.1 Å². The molecule has 2 aromatic rings. The van der Waals surface area contributed by atoms with Crippen molar-refractivity contribution in [1.29, 1.82) is 0 Å². The van der Waals surface area contributed by atoms with Gasteiger partial charge < -0.3 is 20.0 Å². The van der Waals surface area contributed by atoms with E-state index < -0.39 is 0 Å². The van der Waals surface area contributed by atoms with Gasteiger partial charge in [0.2, 0.25) is 0 Å². The van der Waals surface area contributed by atoms with Gasteiger partial charge in [-0.2, -0.15) is 0 Å². The molecular formula is C20H22N2O4. The monoisotopic (exact) mass is 354 g/mol. The van der Waals surface area contributed by atoms with E-state index in [1.807, 2.05) is 0 Å². The Morgan fingerprint density at radius 1 is 0.731 bits per heavy atom. The van der Waals surface area contributed by atoms with E-state index in [1.54, 1.807) is 60.3 Å². The molecule has 2 N–H and O–H groups in total. The van der Waals surface area contributed by atoms with E-state index in [0.717, 1.165) is 0 Å². The van der Waals surface area contributed by atoms with Crippen molar-refractivity contribution in [3.05, 3.63) is 58.7 Å². The minimum atomic E-state index is -0.200. The fourth-order valence-corrected chi connectivity index (χ4v) is 3.38. The van der Waals surface area contributed by atoms with Gasteiger partial charge in [0.25, 0.3) is 0 Å². The summed E-state index contributed by atoms with van der Waals surface area (Å²) in [5, 5.41) is 18.4. The van der Waals surface area contributed by atoms with Gasteiger partial charge in [-0.3, -0.25) is 9.59 Å². The van der Waals surface area contributed by atoms with E-state index in [-0.39, 0.29) is 24.8 Å². The van der Waals surface area contributed by atoms with E-state index in [0.29, 0.717) is 46.7 Å². The summed E-state index contributed by atoms with van der Waals surface area (Å²) in [5.41, 5.74) is 2.76. The molecule has 0 atom stereocenters. The number of rotatable bonds is 6. The van der Waals surface area contributed by atoms with Crippen LogP contribution in [0, 0.1) is 0 Å². The van der Waals surface area contributed by atoms with Crippen molar-refractivity contribution in [2.45, 2.75) is 0 Å². The summed E-state index contributed by atoms with van der Waals surface area (Å²) in [5.74, 6) is -0.400. The summed E-state index contributed by atoms with van der Waals surface area (Å²) < 4.78 is 0. The fraction of sp³-hybridized carbons (Fsp3) is 0.300. The first kappa shape index (κ1) is 18.1. The smallest absolute Gasteiger partial charge is 0.196 e. The van der Waals surface area contributed by atoms with Crippen molar-refractivity contribution < 1.29 is 19.8 Å². The predicted molar refractivity (Wildman–Crippen MR) is 100 cm³/mol. The Morgan fingerprint density at radius 3 is 1.46 bits per heavy atom. The number of anilines is 2. The molecule has 2 aromatic carbocycles. The Morgan fingerprint density at radius 2 is 1.12 bits per heavy atom. The molecule has 0 aromatic heterocycles. The number of likely N-dealkylation sites (N-methyl/N-ethyl adjacent to an activating group) is 2. The van der Waals surface area contributed by atoms with Gasteiger partial charge in [0.15, 0.2) is 11.6 Å². The van der Waals surface area contributed by atoms with Gasteiger partial charge in [-0.15, -0.1) is 0 Å². The van der Waals surface area contributed by atoms with Crippen LogP contribution in [0.2, 0.25) is 0 Å². The largest absolute Gasteiger partial charge is 0.395 e. The van der Waals surface area contributed by atoms with Crippen LogP contribution in [0.25, 0.3) is 0 Å². The molecule has 0 heterocycles. The highest BCUT2D eigenvalue weighted by Crippen LogP contribution is 2.37. The number of aliphatic hydroxyl groups is 2. The normalized spacial score (nSPS) is 12.6. The molecule has 0 unspecified atom stereocenters. The quantitative estimate of drug-likeness (QED) is 0.695. The second kappa shape index (κ2) is 7.27. The van der Waals surface area contributed by atoms with Crippen LogP contribution in [0.5, 0.6) is 0 Å². The van der Waals surface area contributed by atoms with Gasteiger partial charge in [-0.1, -0.05) is 24.3 Å². The van der Waals surface area contributed by atoms with Crippen LogP contribution in [0.4, 0.5) is 11.4 Å². The highest BCUT2D eigenvalue weighted by Gasteiger charge is 2.34. The van der Waals surface area contributed by atoms with Crippen molar-refractivity contribution in [3.8, 4) is 0 Å². The Balaban J connectivity index is 2.18. The third-order valence-corrected chi connectivity index (χ3v) is 4.72. The second-order valence-corrected chi connectivity index (χ2v) is 6.35. The standard InChI is InChI=1S/C20H22N2O4/c1-21(9-11-23)15-7-3-5-13-17(15)19(25)14-6-4-8-16(18(14)20(13)26)22(2)10-12-24/h3-8,23-24H,9-12H2,1-2H3. The molecule has 136 valence electrons. The van der Waals surface area contributed by atoms with Crippen LogP contribution in [-0.2, 0) is 0 Å². The summed E-state index contributed by atoms with van der Waals surface area (Å²) in [6, 6.07) is 10.4. The van der Waals surface area contributed by atoms with E-state index >= 15 is 0 Å². The average Bonchev–Trinajstić information content (AvgIpc) is 2.65. The second-order valence-electron chi connectivity index (χ2n) is 6.35. The minimum Gasteiger partial charge on any atom is -0.395 e. The predicted octanol–water partition coefficient (Wildman–Crippen LogP) is 1.32. The van der Waals surface area contributed by atoms with Crippen LogP contribution in [-0.4, -0.2) is 62.2 Å². The summed E-state index contributed by atoms with van der Waals surface area (Å²) in [4.78, 5) is 30.0. The number of carbonyl (C=O) groups is 2. The molecule has 6 nitrogen and oxygen atoms in total. The summed E-state index contributed by atoms with van der Waals surface area (Å²) >= 11 is 0. The van der Waals surface area contributed by atoms with Crippen LogP contribution >= 0.6 is 0 Å². The number of carbonyl (C=O) groups excluding carboxylic acids is 2. The first-order valence-corrected chi connectivity index (χ1v) is 8.50. The molecule has 1 aliphatic rings. The highest BCUT2D eigenvalue weighted by molar-refractivity contribution is 6.31. The lowest BCUT2D eigenvalue weighted by Gasteiger charge is -2.28. The maximum absolute atomic E-state index is 13.2. The van der Waals surface area contributed by atoms with Crippen LogP contribution in [0.1, 0.15) is 31.8 Å². The zero-order valence-corrected chi connectivity index (χ0v) is 14.9. The Hall–Kier alpha value is -2.70. The van der Waals surface area contributed by atoms with E-state index in [4.69, 9.17) is 0 Å². The van der Waals surface area contributed by atoms with Gasteiger partial charge in [0.1, 0.15) is 0 Å². The Kier molecular flexibility index (Phi) is 5.06. The van der Waals surface area contributed by atoms with Crippen molar-refractivity contribution in [3.63, 3.8) is 0 Å². The molecule has 3 rings (SSSR count). The summed E-state index contributed by atoms with van der Waals surface area (Å²) in [6.45, 7) is 0.637. The first-order valence-electron chi connectivity index (χ1n) is 8.50. The first-order chi connectivity index (χ1) is 12.5. The molecule has 0 radical (unpaired) electrons. The number of nitrogens with zero attached hydrogens (tertiary/aromatic N) is 2. The number of benzene rings is 2. The number of aliphatic hydroxyl groups excluding tert-OH is 2. The molecule has 0 bridgehead atoms. The maximum Gasteiger partial charge on any atom is 0.196 e. The van der Waals surface area contributed by atoms with Crippen LogP contribution in [0.15, 0.2) is 36.4 Å². The van der Waals surface area contributed by atoms with Crippen LogP contribution < -0.4 is 9.80 Å². The van der Waals surface area contributed by atoms with E-state index in [1.165, 1.54) is 0 Å². The van der Waals surface area contributed by atoms with Crippen molar-refractivity contribution >= 4 is 22.9 Å². The number of hydrogen-bond acceptors (Lipinski definition) is 6. The van der Waals surface area contributed by atoms with Crippen LogP contribution in [0.3, 0.4) is 0 Å².